The summed E-state index contributed by atoms with van der Waals surface area (Å²) in [6, 6.07) is 0.407. The molecule has 2 aliphatic carbocycles. The number of carbonyl (C=O) groups excluding carboxylic acids is 2. The molecule has 0 unspecified atom stereocenters. The van der Waals surface area contributed by atoms with Crippen molar-refractivity contribution in [2.45, 2.75) is 38.1 Å². The number of hydrogen-bond acceptors (Lipinski definition) is 4. The molecule has 0 spiro atoms. The van der Waals surface area contributed by atoms with Crippen molar-refractivity contribution in [1.29, 1.82) is 0 Å². The average molecular weight is 266 g/mol. The highest BCUT2D eigenvalue weighted by Gasteiger charge is 2.55. The largest absolute Gasteiger partial charge is 0.469 e. The molecule has 0 aromatic rings. The first-order valence-corrected chi connectivity index (χ1v) is 7.24. The minimum Gasteiger partial charge on any atom is -0.469 e. The third kappa shape index (κ3) is 2.36. The molecule has 3 aliphatic rings. The Bertz CT molecular complexity index is 394. The van der Waals surface area contributed by atoms with Crippen LogP contribution in [0, 0.1) is 11.3 Å². The molecule has 5 heteroatoms. The second kappa shape index (κ2) is 4.78. The Balaban J connectivity index is 1.61. The minimum absolute atomic E-state index is 0.0832. The second-order valence-corrected chi connectivity index (χ2v) is 6.25. The summed E-state index contributed by atoms with van der Waals surface area (Å²) >= 11 is 0. The molecular weight excluding hydrogens is 244 g/mol. The van der Waals surface area contributed by atoms with Crippen molar-refractivity contribution < 1.29 is 14.3 Å². The zero-order valence-corrected chi connectivity index (χ0v) is 11.5. The first-order valence-electron chi connectivity index (χ1n) is 7.24. The maximum atomic E-state index is 12.1. The molecule has 1 N–H and O–H groups in total. The lowest BCUT2D eigenvalue weighted by atomic mass is 9.81. The highest BCUT2D eigenvalue weighted by atomic mass is 16.5. The number of likely N-dealkylation sites (tertiary alicyclic amines) is 1. The number of carbonyl (C=O) groups is 2. The predicted octanol–water partition coefficient (Wildman–Crippen LogP) is 0.540. The van der Waals surface area contributed by atoms with Crippen LogP contribution in [-0.2, 0) is 14.3 Å². The first-order chi connectivity index (χ1) is 9.14. The summed E-state index contributed by atoms with van der Waals surface area (Å²) < 4.78 is 5.00. The lowest BCUT2D eigenvalue weighted by molar-refractivity contribution is -0.153. The van der Waals surface area contributed by atoms with Crippen molar-refractivity contribution in [3.8, 4) is 0 Å². The molecule has 3 fully saturated rings. The number of hydrogen-bond donors (Lipinski definition) is 1. The van der Waals surface area contributed by atoms with Gasteiger partial charge in [0, 0.05) is 19.1 Å². The van der Waals surface area contributed by atoms with Gasteiger partial charge in [0.15, 0.2) is 0 Å². The molecule has 1 heterocycles. The fourth-order valence-corrected chi connectivity index (χ4v) is 3.75. The van der Waals surface area contributed by atoms with Gasteiger partial charge in [-0.15, -0.1) is 0 Å². The molecule has 0 aromatic heterocycles. The van der Waals surface area contributed by atoms with Gasteiger partial charge in [0.05, 0.1) is 19.1 Å². The molecule has 5 nitrogen and oxygen atoms in total. The summed E-state index contributed by atoms with van der Waals surface area (Å²) in [7, 11) is 1.47. The first kappa shape index (κ1) is 12.9. The number of esters is 1. The average Bonchev–Trinajstić information content (AvgIpc) is 2.97. The molecule has 2 saturated carbocycles. The van der Waals surface area contributed by atoms with Crippen LogP contribution in [-0.4, -0.2) is 49.6 Å². The van der Waals surface area contributed by atoms with Gasteiger partial charge in [-0.1, -0.05) is 6.42 Å². The zero-order chi connectivity index (χ0) is 13.5. The number of rotatable bonds is 4. The van der Waals surface area contributed by atoms with Crippen molar-refractivity contribution in [2.75, 3.05) is 26.7 Å². The van der Waals surface area contributed by atoms with Crippen LogP contribution in [0.3, 0.4) is 0 Å². The van der Waals surface area contributed by atoms with Gasteiger partial charge >= 0.3 is 5.97 Å². The van der Waals surface area contributed by atoms with Crippen LogP contribution in [0.4, 0.5) is 0 Å². The Labute approximate surface area is 113 Å². The van der Waals surface area contributed by atoms with E-state index >= 15 is 0 Å². The Morgan fingerprint density at radius 3 is 2.84 bits per heavy atom. The smallest absolute Gasteiger partial charge is 0.313 e. The lowest BCUT2D eigenvalue weighted by Gasteiger charge is -2.25. The van der Waals surface area contributed by atoms with Crippen molar-refractivity contribution in [3.05, 3.63) is 0 Å². The monoisotopic (exact) mass is 266 g/mol. The number of nitrogens with one attached hydrogen (secondary N) is 1. The molecule has 19 heavy (non-hydrogen) atoms. The van der Waals surface area contributed by atoms with E-state index in [2.05, 4.69) is 10.2 Å². The maximum absolute atomic E-state index is 12.1. The molecule has 3 rings (SSSR count). The summed E-state index contributed by atoms with van der Waals surface area (Å²) in [6.45, 7) is 1.96. The van der Waals surface area contributed by atoms with Gasteiger partial charge in [-0.05, 0) is 31.6 Å². The van der Waals surface area contributed by atoms with Crippen LogP contribution in [0.25, 0.3) is 0 Å². The number of amides is 1. The molecule has 0 aromatic carbocycles. The number of nitrogens with zero attached hydrogens (tertiary/aromatic N) is 1. The van der Waals surface area contributed by atoms with Gasteiger partial charge in [0.25, 0.3) is 0 Å². The van der Waals surface area contributed by atoms with Crippen molar-refractivity contribution in [2.24, 2.45) is 11.3 Å². The lowest BCUT2D eigenvalue weighted by Crippen LogP contribution is -2.40. The number of ether oxygens (including phenoxy) is 1. The van der Waals surface area contributed by atoms with E-state index in [1.807, 2.05) is 0 Å². The summed E-state index contributed by atoms with van der Waals surface area (Å²) in [6.07, 6.45) is 5.31. The molecule has 1 aliphatic heterocycles. The Morgan fingerprint density at radius 2 is 2.16 bits per heavy atom. The van der Waals surface area contributed by atoms with Gasteiger partial charge in [-0.2, -0.15) is 0 Å². The van der Waals surface area contributed by atoms with Crippen LogP contribution >= 0.6 is 0 Å². The van der Waals surface area contributed by atoms with Crippen LogP contribution in [0.15, 0.2) is 0 Å². The molecule has 0 bridgehead atoms. The van der Waals surface area contributed by atoms with Crippen molar-refractivity contribution >= 4 is 11.9 Å². The third-order valence-corrected chi connectivity index (χ3v) is 4.84. The van der Waals surface area contributed by atoms with Gasteiger partial charge < -0.3 is 10.1 Å². The molecule has 1 amide bonds. The maximum Gasteiger partial charge on any atom is 0.313 e. The fraction of sp³-hybridized carbons (Fsp3) is 0.857. The topological polar surface area (TPSA) is 58.6 Å². The van der Waals surface area contributed by atoms with E-state index in [4.69, 9.17) is 4.74 Å². The Morgan fingerprint density at radius 1 is 1.37 bits per heavy atom. The van der Waals surface area contributed by atoms with Crippen molar-refractivity contribution in [1.82, 2.24) is 10.2 Å². The van der Waals surface area contributed by atoms with E-state index in [0.29, 0.717) is 25.0 Å². The Hall–Kier alpha value is -1.10. The van der Waals surface area contributed by atoms with Gasteiger partial charge in [-0.3, -0.25) is 14.5 Å². The zero-order valence-electron chi connectivity index (χ0n) is 11.5. The summed E-state index contributed by atoms with van der Waals surface area (Å²) in [5, 5.41) is 3.01. The number of fused-ring (bicyclic) bond motifs is 1. The SMILES string of the molecule is COC(=O)[C@@]12CCC[C@@H]1CN(CC(=O)NC1CC1)C2. The van der Waals surface area contributed by atoms with Crippen molar-refractivity contribution in [3.63, 3.8) is 0 Å². The van der Waals surface area contributed by atoms with Gasteiger partial charge in [-0.25, -0.2) is 0 Å². The molecule has 1 saturated heterocycles. The van der Waals surface area contributed by atoms with Crippen LogP contribution < -0.4 is 5.32 Å². The standard InChI is InChI=1S/C14H22N2O3/c1-19-13(18)14-6-2-3-10(14)7-16(9-14)8-12(17)15-11-4-5-11/h10-11H,2-9H2,1H3,(H,15,17)/t10-,14-/m1/s1. The van der Waals surface area contributed by atoms with E-state index in [1.54, 1.807) is 0 Å². The van der Waals surface area contributed by atoms with E-state index in [0.717, 1.165) is 38.6 Å². The number of methoxy groups -OCH3 is 1. The van der Waals surface area contributed by atoms with Crippen LogP contribution in [0.5, 0.6) is 0 Å². The quantitative estimate of drug-likeness (QED) is 0.755. The minimum atomic E-state index is -0.339. The predicted molar refractivity (Wildman–Crippen MR) is 69.4 cm³/mol. The van der Waals surface area contributed by atoms with Crippen LogP contribution in [0.2, 0.25) is 0 Å². The van der Waals surface area contributed by atoms with E-state index in [1.165, 1.54) is 7.11 Å². The third-order valence-electron chi connectivity index (χ3n) is 4.84. The molecular formula is C14H22N2O3. The highest BCUT2D eigenvalue weighted by Crippen LogP contribution is 2.49. The van der Waals surface area contributed by atoms with Crippen LogP contribution in [0.1, 0.15) is 32.1 Å². The second-order valence-electron chi connectivity index (χ2n) is 6.25. The highest BCUT2D eigenvalue weighted by molar-refractivity contribution is 5.80. The summed E-state index contributed by atoms with van der Waals surface area (Å²) in [4.78, 5) is 26.1. The van der Waals surface area contributed by atoms with Gasteiger partial charge in [0.2, 0.25) is 5.91 Å². The normalized spacial score (nSPS) is 34.1. The Kier molecular flexibility index (Phi) is 3.25. The molecule has 2 atom stereocenters. The molecule has 106 valence electrons. The van der Waals surface area contributed by atoms with E-state index < -0.39 is 0 Å². The van der Waals surface area contributed by atoms with E-state index in [-0.39, 0.29) is 17.3 Å². The fourth-order valence-electron chi connectivity index (χ4n) is 3.75. The van der Waals surface area contributed by atoms with Gasteiger partial charge in [0.1, 0.15) is 0 Å². The summed E-state index contributed by atoms with van der Waals surface area (Å²) in [5.74, 6) is 0.385. The molecule has 0 radical (unpaired) electrons. The van der Waals surface area contributed by atoms with E-state index in [9.17, 15) is 9.59 Å². The summed E-state index contributed by atoms with van der Waals surface area (Å²) in [5.41, 5.74) is -0.339.